The number of nitrogens with one attached hydrogen (secondary N) is 1. The maximum absolute atomic E-state index is 6.20. The Morgan fingerprint density at radius 2 is 2.05 bits per heavy atom. The molecule has 3 heteroatoms. The van der Waals surface area contributed by atoms with Gasteiger partial charge in [0.05, 0.1) is 5.02 Å². The fourth-order valence-corrected chi connectivity index (χ4v) is 3.18. The van der Waals surface area contributed by atoms with Crippen LogP contribution in [-0.2, 0) is 0 Å². The maximum Gasteiger partial charge on any atom is 0.137 e. The average molecular weight is 282 g/mol. The predicted octanol–water partition coefficient (Wildman–Crippen LogP) is 4.20. The van der Waals surface area contributed by atoms with Crippen molar-refractivity contribution in [3.05, 3.63) is 28.8 Å². The molecule has 1 unspecified atom stereocenters. The van der Waals surface area contributed by atoms with E-state index in [4.69, 9.17) is 16.3 Å². The number of hydrogen-bond donors (Lipinski definition) is 1. The van der Waals surface area contributed by atoms with E-state index in [1.54, 1.807) is 0 Å². The SMILES string of the molecule is CNC(COc1ccc(C)cc1Cl)C1CCCCC1. The molecule has 0 spiro atoms. The first-order chi connectivity index (χ1) is 9.20. The van der Waals surface area contributed by atoms with Crippen LogP contribution in [0, 0.1) is 12.8 Å². The number of likely N-dealkylation sites (N-methyl/N-ethyl adjacent to an activating group) is 1. The van der Waals surface area contributed by atoms with Crippen molar-refractivity contribution in [3.63, 3.8) is 0 Å². The van der Waals surface area contributed by atoms with Gasteiger partial charge in [-0.3, -0.25) is 0 Å². The molecule has 1 atom stereocenters. The summed E-state index contributed by atoms with van der Waals surface area (Å²) in [5.41, 5.74) is 1.16. The molecule has 1 N–H and O–H groups in total. The Kier molecular flexibility index (Phi) is 5.53. The Hall–Kier alpha value is -0.730. The smallest absolute Gasteiger partial charge is 0.137 e. The number of hydrogen-bond acceptors (Lipinski definition) is 2. The van der Waals surface area contributed by atoms with Crippen molar-refractivity contribution >= 4 is 11.6 Å². The number of aryl methyl sites for hydroxylation is 1. The van der Waals surface area contributed by atoms with Crippen LogP contribution in [0.3, 0.4) is 0 Å². The van der Waals surface area contributed by atoms with Crippen LogP contribution in [-0.4, -0.2) is 19.7 Å². The number of benzene rings is 1. The third-order valence-electron chi connectivity index (χ3n) is 4.10. The molecule has 106 valence electrons. The lowest BCUT2D eigenvalue weighted by Gasteiger charge is -2.30. The molecule has 2 nitrogen and oxygen atoms in total. The topological polar surface area (TPSA) is 21.3 Å². The lowest BCUT2D eigenvalue weighted by molar-refractivity contribution is 0.192. The molecule has 1 aliphatic carbocycles. The summed E-state index contributed by atoms with van der Waals surface area (Å²) in [6.07, 6.45) is 6.73. The van der Waals surface area contributed by atoms with E-state index in [9.17, 15) is 0 Å². The van der Waals surface area contributed by atoms with E-state index in [0.717, 1.165) is 17.2 Å². The van der Waals surface area contributed by atoms with Crippen molar-refractivity contribution in [3.8, 4) is 5.75 Å². The van der Waals surface area contributed by atoms with Gasteiger partial charge in [-0.1, -0.05) is 36.9 Å². The molecule has 0 radical (unpaired) electrons. The minimum absolute atomic E-state index is 0.428. The van der Waals surface area contributed by atoms with Crippen LogP contribution in [0.5, 0.6) is 5.75 Å². The summed E-state index contributed by atoms with van der Waals surface area (Å²) in [7, 11) is 2.03. The van der Waals surface area contributed by atoms with Crippen LogP contribution in [0.4, 0.5) is 0 Å². The van der Waals surface area contributed by atoms with Crippen LogP contribution in [0.2, 0.25) is 5.02 Å². The Labute approximate surface area is 121 Å². The fraction of sp³-hybridized carbons (Fsp3) is 0.625. The molecule has 0 bridgehead atoms. The van der Waals surface area contributed by atoms with E-state index in [1.807, 2.05) is 32.2 Å². The molecule has 0 heterocycles. The van der Waals surface area contributed by atoms with E-state index in [0.29, 0.717) is 17.7 Å². The first kappa shape index (κ1) is 14.7. The summed E-state index contributed by atoms with van der Waals surface area (Å²) < 4.78 is 5.90. The normalized spacial score (nSPS) is 18.3. The highest BCUT2D eigenvalue weighted by Gasteiger charge is 2.23. The zero-order chi connectivity index (χ0) is 13.7. The second kappa shape index (κ2) is 7.16. The maximum atomic E-state index is 6.20. The van der Waals surface area contributed by atoms with Crippen LogP contribution in [0.1, 0.15) is 37.7 Å². The van der Waals surface area contributed by atoms with Gasteiger partial charge >= 0.3 is 0 Å². The van der Waals surface area contributed by atoms with Gasteiger partial charge in [0, 0.05) is 6.04 Å². The zero-order valence-electron chi connectivity index (χ0n) is 11.9. The lowest BCUT2D eigenvalue weighted by atomic mass is 9.84. The molecule has 1 saturated carbocycles. The highest BCUT2D eigenvalue weighted by molar-refractivity contribution is 6.32. The molecule has 1 aromatic rings. The van der Waals surface area contributed by atoms with Crippen LogP contribution in [0.15, 0.2) is 18.2 Å². The second-order valence-corrected chi connectivity index (χ2v) is 5.95. The van der Waals surface area contributed by atoms with Crippen molar-refractivity contribution in [2.24, 2.45) is 5.92 Å². The van der Waals surface area contributed by atoms with Gasteiger partial charge in [-0.25, -0.2) is 0 Å². The van der Waals surface area contributed by atoms with E-state index in [1.165, 1.54) is 32.1 Å². The molecule has 0 saturated heterocycles. The predicted molar refractivity (Wildman–Crippen MR) is 81.1 cm³/mol. The van der Waals surface area contributed by atoms with Gasteiger partial charge in [-0.15, -0.1) is 0 Å². The molecule has 0 amide bonds. The van der Waals surface area contributed by atoms with Crippen molar-refractivity contribution in [1.29, 1.82) is 0 Å². The number of ether oxygens (including phenoxy) is 1. The third kappa shape index (κ3) is 4.12. The molecule has 2 rings (SSSR count). The largest absolute Gasteiger partial charge is 0.490 e. The van der Waals surface area contributed by atoms with Gasteiger partial charge in [0.25, 0.3) is 0 Å². The zero-order valence-corrected chi connectivity index (χ0v) is 12.7. The summed E-state index contributed by atoms with van der Waals surface area (Å²) in [5.74, 6) is 1.53. The fourth-order valence-electron chi connectivity index (χ4n) is 2.89. The van der Waals surface area contributed by atoms with Gasteiger partial charge in [0.15, 0.2) is 0 Å². The minimum atomic E-state index is 0.428. The lowest BCUT2D eigenvalue weighted by Crippen LogP contribution is -2.39. The molecule has 0 aromatic heterocycles. The molecule has 0 aliphatic heterocycles. The van der Waals surface area contributed by atoms with Crippen molar-refractivity contribution in [1.82, 2.24) is 5.32 Å². The summed E-state index contributed by atoms with van der Waals surface area (Å²) in [6.45, 7) is 2.73. The Morgan fingerprint density at radius 1 is 1.32 bits per heavy atom. The molecular formula is C16H24ClNO. The summed E-state index contributed by atoms with van der Waals surface area (Å²) in [6, 6.07) is 6.38. The Morgan fingerprint density at radius 3 is 2.68 bits per heavy atom. The van der Waals surface area contributed by atoms with Gasteiger partial charge in [0.1, 0.15) is 12.4 Å². The van der Waals surface area contributed by atoms with Crippen LogP contribution >= 0.6 is 11.6 Å². The quantitative estimate of drug-likeness (QED) is 0.873. The third-order valence-corrected chi connectivity index (χ3v) is 4.39. The molecule has 1 fully saturated rings. The summed E-state index contributed by atoms with van der Waals surface area (Å²) in [4.78, 5) is 0. The van der Waals surface area contributed by atoms with Gasteiger partial charge in [-0.2, -0.15) is 0 Å². The monoisotopic (exact) mass is 281 g/mol. The van der Waals surface area contributed by atoms with Crippen molar-refractivity contribution in [2.45, 2.75) is 45.1 Å². The van der Waals surface area contributed by atoms with E-state index in [-0.39, 0.29) is 0 Å². The molecule has 1 aliphatic rings. The standard InChI is InChI=1S/C16H24ClNO/c1-12-8-9-16(14(17)10-12)19-11-15(18-2)13-6-4-3-5-7-13/h8-10,13,15,18H,3-7,11H2,1-2H3. The van der Waals surface area contributed by atoms with E-state index < -0.39 is 0 Å². The Balaban J connectivity index is 1.91. The number of halogens is 1. The van der Waals surface area contributed by atoms with E-state index in [2.05, 4.69) is 5.32 Å². The minimum Gasteiger partial charge on any atom is -0.490 e. The van der Waals surface area contributed by atoms with Crippen LogP contribution in [0.25, 0.3) is 0 Å². The summed E-state index contributed by atoms with van der Waals surface area (Å²) in [5, 5.41) is 4.11. The highest BCUT2D eigenvalue weighted by Crippen LogP contribution is 2.29. The van der Waals surface area contributed by atoms with Gasteiger partial charge in [-0.05, 0) is 50.4 Å². The molecular weight excluding hydrogens is 258 g/mol. The first-order valence-electron chi connectivity index (χ1n) is 7.27. The summed E-state index contributed by atoms with van der Waals surface area (Å²) >= 11 is 6.20. The molecule has 19 heavy (non-hydrogen) atoms. The van der Waals surface area contributed by atoms with Crippen LogP contribution < -0.4 is 10.1 Å². The number of rotatable bonds is 5. The molecule has 1 aromatic carbocycles. The first-order valence-corrected chi connectivity index (χ1v) is 7.64. The van der Waals surface area contributed by atoms with E-state index >= 15 is 0 Å². The van der Waals surface area contributed by atoms with Crippen molar-refractivity contribution < 1.29 is 4.74 Å². The Bertz CT molecular complexity index is 402. The highest BCUT2D eigenvalue weighted by atomic mass is 35.5. The average Bonchev–Trinajstić information content (AvgIpc) is 2.43. The second-order valence-electron chi connectivity index (χ2n) is 5.54. The van der Waals surface area contributed by atoms with Gasteiger partial charge in [0.2, 0.25) is 0 Å². The van der Waals surface area contributed by atoms with Crippen molar-refractivity contribution in [2.75, 3.05) is 13.7 Å². The van der Waals surface area contributed by atoms with Gasteiger partial charge < -0.3 is 10.1 Å².